The molecule has 0 saturated carbocycles. The van der Waals surface area contributed by atoms with E-state index in [1.54, 1.807) is 0 Å². The van der Waals surface area contributed by atoms with Gasteiger partial charge in [-0.3, -0.25) is 4.90 Å². The first-order valence-electron chi connectivity index (χ1n) is 14.0. The van der Waals surface area contributed by atoms with E-state index in [9.17, 15) is 5.11 Å². The van der Waals surface area contributed by atoms with Gasteiger partial charge in [-0.25, -0.2) is 4.68 Å². The molecule has 40 heavy (non-hydrogen) atoms. The van der Waals surface area contributed by atoms with E-state index in [-0.39, 0.29) is 0 Å². The van der Waals surface area contributed by atoms with Crippen molar-refractivity contribution in [3.63, 3.8) is 0 Å². The lowest BCUT2D eigenvalue weighted by atomic mass is 9.90. The van der Waals surface area contributed by atoms with Crippen LogP contribution in [0.25, 0.3) is 32.8 Å². The zero-order valence-corrected chi connectivity index (χ0v) is 22.6. The van der Waals surface area contributed by atoms with Crippen molar-refractivity contribution in [2.45, 2.75) is 25.1 Å². The Morgan fingerprint density at radius 1 is 0.800 bits per heavy atom. The molecule has 2 aromatic heterocycles. The first-order valence-corrected chi connectivity index (χ1v) is 14.0. The van der Waals surface area contributed by atoms with E-state index in [1.165, 1.54) is 0 Å². The Labute approximate surface area is 233 Å². The van der Waals surface area contributed by atoms with Gasteiger partial charge in [0.05, 0.1) is 29.8 Å². The fourth-order valence-electron chi connectivity index (χ4n) is 6.34. The Morgan fingerprint density at radius 2 is 1.40 bits per heavy atom. The minimum Gasteiger partial charge on any atom is -0.384 e. The lowest BCUT2D eigenvalue weighted by Gasteiger charge is -2.42. The van der Waals surface area contributed by atoms with Crippen LogP contribution in [0.5, 0.6) is 0 Å². The van der Waals surface area contributed by atoms with E-state index in [0.29, 0.717) is 6.42 Å². The highest BCUT2D eigenvalue weighted by Crippen LogP contribution is 2.45. The number of rotatable bonds is 7. The Morgan fingerprint density at radius 3 is 2.08 bits per heavy atom. The van der Waals surface area contributed by atoms with Gasteiger partial charge in [0, 0.05) is 36.8 Å². The van der Waals surface area contributed by atoms with Gasteiger partial charge in [0.15, 0.2) is 5.66 Å². The Balaban J connectivity index is 1.57. The fraction of sp³-hybridized carbons (Fsp3) is 0.273. The van der Waals surface area contributed by atoms with Gasteiger partial charge in [-0.05, 0) is 36.8 Å². The van der Waals surface area contributed by atoms with E-state index < -0.39 is 11.8 Å². The monoisotopic (exact) mass is 531 g/mol. The molecule has 2 atom stereocenters. The molecule has 7 rings (SSSR count). The molecule has 202 valence electrons. The first-order chi connectivity index (χ1) is 19.7. The number of aliphatic hydroxyl groups excluding tert-OH is 1. The van der Waals surface area contributed by atoms with E-state index in [1.807, 2.05) is 35.0 Å². The third-order valence-corrected chi connectivity index (χ3v) is 8.42. The molecule has 6 aromatic rings. The third-order valence-electron chi connectivity index (χ3n) is 8.42. The Bertz CT molecular complexity index is 1730. The van der Waals surface area contributed by atoms with Gasteiger partial charge < -0.3 is 14.4 Å². The minimum absolute atomic E-state index is 0.609. The van der Waals surface area contributed by atoms with Gasteiger partial charge in [-0.15, -0.1) is 5.10 Å². The summed E-state index contributed by atoms with van der Waals surface area (Å²) >= 11 is 0. The van der Waals surface area contributed by atoms with Crippen LogP contribution in [0.15, 0.2) is 97.1 Å². The van der Waals surface area contributed by atoms with Crippen molar-refractivity contribution < 1.29 is 9.84 Å². The van der Waals surface area contributed by atoms with Crippen LogP contribution in [-0.2, 0) is 10.4 Å². The van der Waals surface area contributed by atoms with Gasteiger partial charge in [0.2, 0.25) is 0 Å². The predicted octanol–water partition coefficient (Wildman–Crippen LogP) is 5.50. The van der Waals surface area contributed by atoms with Crippen LogP contribution in [0.4, 0.5) is 0 Å². The van der Waals surface area contributed by atoms with Crippen LogP contribution in [-0.4, -0.2) is 62.4 Å². The van der Waals surface area contributed by atoms with Gasteiger partial charge in [0.25, 0.3) is 0 Å². The molecule has 0 amide bonds. The summed E-state index contributed by atoms with van der Waals surface area (Å²) in [5, 5.41) is 24.4. The van der Waals surface area contributed by atoms with Crippen molar-refractivity contribution in [2.75, 3.05) is 32.8 Å². The smallest absolute Gasteiger partial charge is 0.172 e. The summed E-state index contributed by atoms with van der Waals surface area (Å²) in [5.41, 5.74) is 4.76. The number of aromatic nitrogens is 4. The number of aryl methyl sites for hydroxylation is 1. The van der Waals surface area contributed by atoms with Gasteiger partial charge in [0.1, 0.15) is 11.6 Å². The zero-order valence-electron chi connectivity index (χ0n) is 22.6. The van der Waals surface area contributed by atoms with Gasteiger partial charge >= 0.3 is 0 Å². The second kappa shape index (κ2) is 10.2. The van der Waals surface area contributed by atoms with Crippen LogP contribution in [0, 0.1) is 6.92 Å². The van der Waals surface area contributed by atoms with E-state index >= 15 is 0 Å². The number of benzene rings is 4. The summed E-state index contributed by atoms with van der Waals surface area (Å²) < 4.78 is 9.95. The zero-order chi connectivity index (χ0) is 27.1. The van der Waals surface area contributed by atoms with Gasteiger partial charge in [-0.2, -0.15) is 0 Å². The molecule has 2 unspecified atom stereocenters. The largest absolute Gasteiger partial charge is 0.384 e. The molecule has 1 aliphatic rings. The summed E-state index contributed by atoms with van der Waals surface area (Å²) in [6, 6.07) is 33.2. The van der Waals surface area contributed by atoms with Crippen LogP contribution in [0.1, 0.15) is 23.7 Å². The van der Waals surface area contributed by atoms with Crippen LogP contribution in [0.2, 0.25) is 0 Å². The number of hydrogen-bond donors (Lipinski definition) is 1. The molecular weight excluding hydrogens is 498 g/mol. The topological polar surface area (TPSA) is 68.3 Å². The standard InChI is InChI=1S/C33H33N5O2/c1-24-14-16-25(17-15-24)32(39)33(18-19-36-20-22-40-23-21-36,38-31-13-7-4-10-28(31)34-35-38)37-29-11-5-2-8-26(29)27-9-3-6-12-30(27)37/h2-17,32,39H,18-23H2,1H3. The lowest BCUT2D eigenvalue weighted by Crippen LogP contribution is -2.50. The molecule has 0 bridgehead atoms. The Hall–Kier alpha value is -4.04. The molecule has 1 saturated heterocycles. The van der Waals surface area contributed by atoms with Crippen molar-refractivity contribution in [1.29, 1.82) is 0 Å². The number of hydrogen-bond acceptors (Lipinski definition) is 5. The summed E-state index contributed by atoms with van der Waals surface area (Å²) in [7, 11) is 0. The molecule has 0 radical (unpaired) electrons. The highest BCUT2D eigenvalue weighted by atomic mass is 16.5. The quantitative estimate of drug-likeness (QED) is 0.295. The second-order valence-corrected chi connectivity index (χ2v) is 10.8. The van der Waals surface area contributed by atoms with Crippen LogP contribution >= 0.6 is 0 Å². The normalized spacial score (nSPS) is 16.9. The highest BCUT2D eigenvalue weighted by Gasteiger charge is 2.46. The maximum Gasteiger partial charge on any atom is 0.172 e. The van der Waals surface area contributed by atoms with E-state index in [0.717, 1.165) is 76.8 Å². The molecule has 0 aliphatic carbocycles. The highest BCUT2D eigenvalue weighted by molar-refractivity contribution is 6.08. The van der Waals surface area contributed by atoms with E-state index in [4.69, 9.17) is 9.95 Å². The third kappa shape index (κ3) is 4.01. The van der Waals surface area contributed by atoms with Gasteiger partial charge in [-0.1, -0.05) is 83.6 Å². The molecule has 1 fully saturated rings. The summed E-state index contributed by atoms with van der Waals surface area (Å²) in [6.07, 6.45) is -0.309. The summed E-state index contributed by atoms with van der Waals surface area (Å²) in [4.78, 5) is 2.42. The average Bonchev–Trinajstić information content (AvgIpc) is 3.59. The second-order valence-electron chi connectivity index (χ2n) is 10.8. The molecule has 3 heterocycles. The number of ether oxygens (including phenoxy) is 1. The minimum atomic E-state index is -1.02. The SMILES string of the molecule is Cc1ccc(C(O)C(CCN2CCOCC2)(n2nnc3ccccc32)n2c3ccccc3c3ccccc32)cc1. The maximum atomic E-state index is 12.7. The molecule has 1 aliphatic heterocycles. The summed E-state index contributed by atoms with van der Waals surface area (Å²) in [5.74, 6) is 0. The number of fused-ring (bicyclic) bond motifs is 4. The number of para-hydroxylation sites is 3. The van der Waals surface area contributed by atoms with Crippen molar-refractivity contribution in [3.05, 3.63) is 108 Å². The van der Waals surface area contributed by atoms with E-state index in [2.05, 4.69) is 88.2 Å². The fourth-order valence-corrected chi connectivity index (χ4v) is 6.34. The molecule has 4 aromatic carbocycles. The average molecular weight is 532 g/mol. The summed E-state index contributed by atoms with van der Waals surface area (Å²) in [6.45, 7) is 6.00. The number of aliphatic hydroxyl groups is 1. The molecule has 7 heteroatoms. The lowest BCUT2D eigenvalue weighted by molar-refractivity contribution is -0.0170. The molecule has 1 N–H and O–H groups in total. The molecular formula is C33H33N5O2. The molecule has 7 nitrogen and oxygen atoms in total. The maximum absolute atomic E-state index is 12.7. The van der Waals surface area contributed by atoms with Crippen LogP contribution in [0.3, 0.4) is 0 Å². The van der Waals surface area contributed by atoms with Crippen molar-refractivity contribution in [3.8, 4) is 0 Å². The number of nitrogens with zero attached hydrogens (tertiary/aromatic N) is 5. The van der Waals surface area contributed by atoms with Crippen molar-refractivity contribution in [1.82, 2.24) is 24.5 Å². The first kappa shape index (κ1) is 25.0. The Kier molecular flexibility index (Phi) is 6.35. The number of morpholine rings is 1. The predicted molar refractivity (Wildman–Crippen MR) is 158 cm³/mol. The van der Waals surface area contributed by atoms with Crippen LogP contribution < -0.4 is 0 Å². The molecule has 0 spiro atoms. The van der Waals surface area contributed by atoms with Crippen molar-refractivity contribution in [2.24, 2.45) is 0 Å². The van der Waals surface area contributed by atoms with Crippen molar-refractivity contribution >= 4 is 32.8 Å².